The molecule has 2 aliphatic heterocycles. The Hall–Kier alpha value is -3.31. The average molecular weight is 482 g/mol. The Bertz CT molecular complexity index is 1080. The molecule has 1 saturated heterocycles. The van der Waals surface area contributed by atoms with E-state index in [1.807, 2.05) is 0 Å². The van der Waals surface area contributed by atoms with E-state index in [1.165, 1.54) is 35.2 Å². The Morgan fingerprint density at radius 2 is 1.85 bits per heavy atom. The van der Waals surface area contributed by atoms with Crippen LogP contribution in [0.5, 0.6) is 17.2 Å². The zero-order valence-corrected chi connectivity index (χ0v) is 18.2. The standard InChI is InChI=1S/C23H22F4N2O5/c1-31-16-12-28(13-16)8-9-32-19-5-2-14(10-21(19)34-23(26)27)29-7-6-20(22(29)30)33-15-3-4-17(24)18(25)11-15/h2-6,10-11,16,23H,7-9,12-13H2,1H3. The number of benzene rings is 2. The van der Waals surface area contributed by atoms with E-state index in [4.69, 9.17) is 14.2 Å². The van der Waals surface area contributed by atoms with Gasteiger partial charge in [-0.2, -0.15) is 8.78 Å². The molecule has 4 rings (SSSR count). The highest BCUT2D eigenvalue weighted by Gasteiger charge is 2.29. The summed E-state index contributed by atoms with van der Waals surface area (Å²) in [6, 6.07) is 7.15. The molecule has 2 heterocycles. The predicted octanol–water partition coefficient (Wildman–Crippen LogP) is 3.59. The van der Waals surface area contributed by atoms with E-state index in [0.717, 1.165) is 25.2 Å². The number of hydrogen-bond acceptors (Lipinski definition) is 6. The Labute approximate surface area is 193 Å². The van der Waals surface area contributed by atoms with Gasteiger partial charge >= 0.3 is 6.61 Å². The Morgan fingerprint density at radius 3 is 2.56 bits per heavy atom. The number of nitrogens with zero attached hydrogens (tertiary/aromatic N) is 2. The monoisotopic (exact) mass is 482 g/mol. The number of anilines is 1. The highest BCUT2D eigenvalue weighted by molar-refractivity contribution is 6.07. The minimum absolute atomic E-state index is 0.0511. The molecule has 0 radical (unpaired) electrons. The van der Waals surface area contributed by atoms with Crippen LogP contribution < -0.4 is 19.1 Å². The van der Waals surface area contributed by atoms with Crippen LogP contribution in [-0.4, -0.2) is 63.4 Å². The van der Waals surface area contributed by atoms with Gasteiger partial charge in [0, 0.05) is 51.1 Å². The number of hydrogen-bond donors (Lipinski definition) is 0. The highest BCUT2D eigenvalue weighted by Crippen LogP contribution is 2.35. The van der Waals surface area contributed by atoms with Crippen molar-refractivity contribution in [3.63, 3.8) is 0 Å². The molecule has 1 fully saturated rings. The average Bonchev–Trinajstić information content (AvgIpc) is 3.13. The van der Waals surface area contributed by atoms with Gasteiger partial charge in [0.25, 0.3) is 5.91 Å². The lowest BCUT2D eigenvalue weighted by Crippen LogP contribution is -2.52. The molecule has 182 valence electrons. The topological polar surface area (TPSA) is 60.5 Å². The molecule has 2 aromatic carbocycles. The van der Waals surface area contributed by atoms with Crippen LogP contribution in [0, 0.1) is 11.6 Å². The third-order valence-corrected chi connectivity index (χ3v) is 5.41. The summed E-state index contributed by atoms with van der Waals surface area (Å²) < 4.78 is 73.3. The number of alkyl halides is 2. The summed E-state index contributed by atoms with van der Waals surface area (Å²) in [5.74, 6) is -2.99. The highest BCUT2D eigenvalue weighted by atomic mass is 19.3. The van der Waals surface area contributed by atoms with Crippen molar-refractivity contribution < 1.29 is 41.3 Å². The first-order valence-electron chi connectivity index (χ1n) is 10.5. The van der Waals surface area contributed by atoms with E-state index >= 15 is 0 Å². The zero-order chi connectivity index (χ0) is 24.2. The Balaban J connectivity index is 1.41. The molecule has 0 aromatic heterocycles. The number of rotatable bonds is 10. The van der Waals surface area contributed by atoms with Gasteiger partial charge in [-0.25, -0.2) is 8.78 Å². The predicted molar refractivity (Wildman–Crippen MR) is 113 cm³/mol. The van der Waals surface area contributed by atoms with Crippen molar-refractivity contribution in [3.8, 4) is 17.2 Å². The van der Waals surface area contributed by atoms with Crippen LogP contribution >= 0.6 is 0 Å². The second-order valence-electron chi connectivity index (χ2n) is 7.64. The fraction of sp³-hybridized carbons (Fsp3) is 0.348. The lowest BCUT2D eigenvalue weighted by molar-refractivity contribution is -0.116. The molecule has 0 unspecified atom stereocenters. The number of halogens is 4. The van der Waals surface area contributed by atoms with E-state index in [-0.39, 0.29) is 48.0 Å². The van der Waals surface area contributed by atoms with Crippen molar-refractivity contribution in [1.29, 1.82) is 0 Å². The Morgan fingerprint density at radius 1 is 1.06 bits per heavy atom. The molecule has 34 heavy (non-hydrogen) atoms. The van der Waals surface area contributed by atoms with Gasteiger partial charge in [0.1, 0.15) is 12.4 Å². The van der Waals surface area contributed by atoms with E-state index < -0.39 is 24.2 Å². The third kappa shape index (κ3) is 5.42. The van der Waals surface area contributed by atoms with Gasteiger partial charge in [-0.15, -0.1) is 0 Å². The molecule has 11 heteroatoms. The van der Waals surface area contributed by atoms with E-state index in [2.05, 4.69) is 9.64 Å². The minimum atomic E-state index is -3.09. The SMILES string of the molecule is COC1CN(CCOc2ccc(N3CC=C(Oc4ccc(F)c(F)c4)C3=O)cc2OC(F)F)C1. The van der Waals surface area contributed by atoms with Crippen LogP contribution in [0.4, 0.5) is 23.2 Å². The molecule has 0 N–H and O–H groups in total. The molecular weight excluding hydrogens is 460 g/mol. The van der Waals surface area contributed by atoms with E-state index in [9.17, 15) is 22.4 Å². The summed E-state index contributed by atoms with van der Waals surface area (Å²) in [4.78, 5) is 16.1. The normalized spacial score (nSPS) is 16.6. The third-order valence-electron chi connectivity index (χ3n) is 5.41. The summed E-state index contributed by atoms with van der Waals surface area (Å²) in [5.41, 5.74) is 0.277. The fourth-order valence-corrected chi connectivity index (χ4v) is 3.56. The first-order valence-corrected chi connectivity index (χ1v) is 10.5. The van der Waals surface area contributed by atoms with Crippen molar-refractivity contribution in [2.24, 2.45) is 0 Å². The van der Waals surface area contributed by atoms with Crippen LogP contribution in [0.2, 0.25) is 0 Å². The number of ether oxygens (including phenoxy) is 4. The molecule has 0 atom stereocenters. The number of amides is 1. The Kier molecular flexibility index (Phi) is 7.23. The zero-order valence-electron chi connectivity index (χ0n) is 18.2. The first-order chi connectivity index (χ1) is 16.3. The number of likely N-dealkylation sites (tertiary alicyclic amines) is 1. The van der Waals surface area contributed by atoms with Crippen molar-refractivity contribution >= 4 is 11.6 Å². The van der Waals surface area contributed by atoms with Crippen LogP contribution in [0.1, 0.15) is 0 Å². The second-order valence-corrected chi connectivity index (χ2v) is 7.64. The van der Waals surface area contributed by atoms with Gasteiger partial charge in [-0.3, -0.25) is 9.69 Å². The maximum atomic E-state index is 13.4. The molecule has 7 nitrogen and oxygen atoms in total. The molecule has 0 bridgehead atoms. The minimum Gasteiger partial charge on any atom is -0.488 e. The fourth-order valence-electron chi connectivity index (χ4n) is 3.56. The number of methoxy groups -OCH3 is 1. The van der Waals surface area contributed by atoms with Gasteiger partial charge in [0.15, 0.2) is 28.9 Å². The van der Waals surface area contributed by atoms with Crippen molar-refractivity contribution in [2.75, 3.05) is 44.8 Å². The molecule has 0 saturated carbocycles. The van der Waals surface area contributed by atoms with Gasteiger partial charge in [-0.05, 0) is 30.3 Å². The molecule has 0 spiro atoms. The van der Waals surface area contributed by atoms with Crippen molar-refractivity contribution in [3.05, 3.63) is 59.9 Å². The summed E-state index contributed by atoms with van der Waals surface area (Å²) in [6.45, 7) is -0.603. The molecule has 0 aliphatic carbocycles. The first kappa shape index (κ1) is 23.8. The van der Waals surface area contributed by atoms with Crippen molar-refractivity contribution in [2.45, 2.75) is 12.7 Å². The smallest absolute Gasteiger partial charge is 0.387 e. The van der Waals surface area contributed by atoms with Crippen LogP contribution in [0.25, 0.3) is 0 Å². The van der Waals surface area contributed by atoms with Gasteiger partial charge in [0.2, 0.25) is 0 Å². The molecular formula is C23H22F4N2O5. The molecule has 1 amide bonds. The van der Waals surface area contributed by atoms with Gasteiger partial charge < -0.3 is 23.8 Å². The van der Waals surface area contributed by atoms with Crippen LogP contribution in [0.15, 0.2) is 48.2 Å². The van der Waals surface area contributed by atoms with Crippen LogP contribution in [0.3, 0.4) is 0 Å². The lowest BCUT2D eigenvalue weighted by atomic mass is 10.2. The maximum absolute atomic E-state index is 13.4. The molecule has 2 aromatic rings. The lowest BCUT2D eigenvalue weighted by Gasteiger charge is -2.37. The van der Waals surface area contributed by atoms with Gasteiger partial charge in [-0.1, -0.05) is 0 Å². The summed E-state index contributed by atoms with van der Waals surface area (Å²) in [6.07, 6.45) is 1.64. The van der Waals surface area contributed by atoms with Gasteiger partial charge in [0.05, 0.1) is 6.10 Å². The quantitative estimate of drug-likeness (QED) is 0.483. The summed E-state index contributed by atoms with van der Waals surface area (Å²) in [7, 11) is 1.65. The van der Waals surface area contributed by atoms with Crippen LogP contribution in [-0.2, 0) is 9.53 Å². The van der Waals surface area contributed by atoms with Crippen molar-refractivity contribution in [1.82, 2.24) is 4.90 Å². The van der Waals surface area contributed by atoms with E-state index in [0.29, 0.717) is 6.54 Å². The number of carbonyl (C=O) groups is 1. The second kappa shape index (κ2) is 10.3. The largest absolute Gasteiger partial charge is 0.488 e. The summed E-state index contributed by atoms with van der Waals surface area (Å²) in [5, 5.41) is 0. The summed E-state index contributed by atoms with van der Waals surface area (Å²) >= 11 is 0. The maximum Gasteiger partial charge on any atom is 0.387 e. The molecule has 2 aliphatic rings. The van der Waals surface area contributed by atoms with E-state index in [1.54, 1.807) is 7.11 Å². The number of carbonyl (C=O) groups excluding carboxylic acids is 1.